The van der Waals surface area contributed by atoms with Gasteiger partial charge in [0.15, 0.2) is 11.5 Å². The van der Waals surface area contributed by atoms with E-state index in [1.54, 1.807) is 35.6 Å². The number of para-hydroxylation sites is 2. The summed E-state index contributed by atoms with van der Waals surface area (Å²) < 4.78 is 16.2. The summed E-state index contributed by atoms with van der Waals surface area (Å²) in [6.07, 6.45) is 3.05. The number of hydrogen-bond donors (Lipinski definition) is 0. The lowest BCUT2D eigenvalue weighted by molar-refractivity contribution is -0.129. The van der Waals surface area contributed by atoms with E-state index >= 15 is 0 Å². The lowest BCUT2D eigenvalue weighted by atomic mass is 10.2. The summed E-state index contributed by atoms with van der Waals surface area (Å²) in [4.78, 5) is 16.4. The minimum absolute atomic E-state index is 0.380. The van der Waals surface area contributed by atoms with Gasteiger partial charge in [-0.2, -0.15) is 0 Å². The van der Waals surface area contributed by atoms with E-state index in [-0.39, 0.29) is 0 Å². The molecule has 0 unspecified atom stereocenters. The molecular weight excluding hydrogens is 362 g/mol. The van der Waals surface area contributed by atoms with Gasteiger partial charge in [0.05, 0.1) is 17.8 Å². The molecule has 138 valence electrons. The highest BCUT2D eigenvalue weighted by Gasteiger charge is 2.06. The smallest absolute Gasteiger partial charge is 0.336 e. The van der Waals surface area contributed by atoms with Crippen LogP contribution in [0.25, 0.3) is 6.08 Å². The van der Waals surface area contributed by atoms with Crippen LogP contribution in [-0.4, -0.2) is 18.1 Å². The molecule has 0 atom stereocenters. The first-order chi connectivity index (χ1) is 13.1. The maximum Gasteiger partial charge on any atom is 0.336 e. The maximum atomic E-state index is 12.0. The van der Waals surface area contributed by atoms with Crippen molar-refractivity contribution in [2.24, 2.45) is 0 Å². The number of thiazole rings is 1. The molecule has 1 aromatic heterocycles. The predicted octanol–water partition coefficient (Wildman–Crippen LogP) is 4.66. The fraction of sp³-hybridized carbons (Fsp3) is 0.143. The van der Waals surface area contributed by atoms with Gasteiger partial charge in [0.2, 0.25) is 0 Å². The molecule has 0 aliphatic carbocycles. The minimum Gasteiger partial charge on any atom is -0.493 e. The van der Waals surface area contributed by atoms with Gasteiger partial charge in [-0.25, -0.2) is 9.78 Å². The number of nitrogens with zero attached hydrogens (tertiary/aromatic N) is 1. The minimum atomic E-state index is -0.483. The van der Waals surface area contributed by atoms with E-state index < -0.39 is 5.97 Å². The second-order valence-corrected chi connectivity index (χ2v) is 6.69. The van der Waals surface area contributed by atoms with Crippen molar-refractivity contribution in [2.75, 3.05) is 7.11 Å². The number of hydrogen-bond acceptors (Lipinski definition) is 6. The molecule has 0 spiro atoms. The van der Waals surface area contributed by atoms with Gasteiger partial charge in [-0.15, -0.1) is 11.3 Å². The van der Waals surface area contributed by atoms with Crippen LogP contribution in [0.5, 0.6) is 17.2 Å². The number of aryl methyl sites for hydroxylation is 1. The summed E-state index contributed by atoms with van der Waals surface area (Å²) in [5.74, 6) is 1.11. The fourth-order valence-corrected chi connectivity index (χ4v) is 2.95. The Hall–Kier alpha value is -3.12. The van der Waals surface area contributed by atoms with Crippen LogP contribution in [0, 0.1) is 6.92 Å². The summed E-state index contributed by atoms with van der Waals surface area (Å²) in [6, 6.07) is 14.5. The quantitative estimate of drug-likeness (QED) is 0.338. The zero-order chi connectivity index (χ0) is 19.1. The van der Waals surface area contributed by atoms with Crippen LogP contribution in [0.2, 0.25) is 0 Å². The maximum absolute atomic E-state index is 12.0. The summed E-state index contributed by atoms with van der Waals surface area (Å²) >= 11 is 1.59. The van der Waals surface area contributed by atoms with Crippen molar-refractivity contribution >= 4 is 23.4 Å². The van der Waals surface area contributed by atoms with Gasteiger partial charge in [0.25, 0.3) is 0 Å². The monoisotopic (exact) mass is 381 g/mol. The van der Waals surface area contributed by atoms with Crippen LogP contribution in [0.3, 0.4) is 0 Å². The molecule has 0 aliphatic rings. The second kappa shape index (κ2) is 9.00. The Balaban J connectivity index is 1.60. The van der Waals surface area contributed by atoms with Crippen molar-refractivity contribution in [3.05, 3.63) is 76.3 Å². The molecule has 0 saturated heterocycles. The standard InChI is InChI=1S/C21H19NO4S/c1-15-22-17(14-27-15)13-25-18-7-5-6-16(12-18)10-11-21(23)26-20-9-4-3-8-19(20)24-2/h3-12,14H,13H2,1-2H3/b11-10+. The molecule has 3 aromatic rings. The highest BCUT2D eigenvalue weighted by Crippen LogP contribution is 2.26. The summed E-state index contributed by atoms with van der Waals surface area (Å²) in [5, 5.41) is 2.99. The second-order valence-electron chi connectivity index (χ2n) is 5.62. The van der Waals surface area contributed by atoms with Crippen LogP contribution < -0.4 is 14.2 Å². The topological polar surface area (TPSA) is 57.7 Å². The zero-order valence-electron chi connectivity index (χ0n) is 15.0. The molecule has 0 aliphatic heterocycles. The zero-order valence-corrected chi connectivity index (χ0v) is 15.9. The van der Waals surface area contributed by atoms with Gasteiger partial charge in [-0.05, 0) is 42.8 Å². The lowest BCUT2D eigenvalue weighted by Gasteiger charge is -2.07. The van der Waals surface area contributed by atoms with Gasteiger partial charge in [-0.1, -0.05) is 24.3 Å². The Morgan fingerprint density at radius 2 is 1.96 bits per heavy atom. The molecule has 0 saturated carbocycles. The van der Waals surface area contributed by atoms with E-state index in [0.29, 0.717) is 23.9 Å². The van der Waals surface area contributed by atoms with Crippen molar-refractivity contribution in [1.29, 1.82) is 0 Å². The Morgan fingerprint density at radius 1 is 1.15 bits per heavy atom. The molecule has 0 bridgehead atoms. The molecule has 0 fully saturated rings. The van der Waals surface area contributed by atoms with Crippen molar-refractivity contribution in [2.45, 2.75) is 13.5 Å². The van der Waals surface area contributed by atoms with Gasteiger partial charge in [0, 0.05) is 11.5 Å². The number of methoxy groups -OCH3 is 1. The predicted molar refractivity (Wildman–Crippen MR) is 105 cm³/mol. The number of benzene rings is 2. The molecular formula is C21H19NO4S. The largest absolute Gasteiger partial charge is 0.493 e. The van der Waals surface area contributed by atoms with E-state index in [1.165, 1.54) is 13.2 Å². The van der Waals surface area contributed by atoms with E-state index in [0.717, 1.165) is 16.3 Å². The molecule has 27 heavy (non-hydrogen) atoms. The fourth-order valence-electron chi connectivity index (χ4n) is 2.35. The third-order valence-corrected chi connectivity index (χ3v) is 4.43. The molecule has 5 nitrogen and oxygen atoms in total. The number of carbonyl (C=O) groups is 1. The van der Waals surface area contributed by atoms with E-state index in [9.17, 15) is 4.79 Å². The van der Waals surface area contributed by atoms with Crippen molar-refractivity contribution in [3.8, 4) is 17.2 Å². The molecule has 0 N–H and O–H groups in total. The number of carbonyl (C=O) groups excluding carboxylic acids is 1. The molecule has 0 amide bonds. The first-order valence-electron chi connectivity index (χ1n) is 8.31. The third kappa shape index (κ3) is 5.43. The van der Waals surface area contributed by atoms with E-state index in [1.807, 2.05) is 42.6 Å². The van der Waals surface area contributed by atoms with Gasteiger partial charge in [0.1, 0.15) is 12.4 Å². The molecule has 1 heterocycles. The van der Waals surface area contributed by atoms with E-state index in [4.69, 9.17) is 14.2 Å². The normalized spacial score (nSPS) is 10.7. The number of esters is 1. The van der Waals surface area contributed by atoms with Crippen molar-refractivity contribution in [3.63, 3.8) is 0 Å². The Bertz CT molecular complexity index is 949. The third-order valence-electron chi connectivity index (χ3n) is 3.60. The summed E-state index contributed by atoms with van der Waals surface area (Å²) in [6.45, 7) is 2.37. The highest BCUT2D eigenvalue weighted by molar-refractivity contribution is 7.09. The molecule has 0 radical (unpaired) electrons. The summed E-state index contributed by atoms with van der Waals surface area (Å²) in [7, 11) is 1.53. The van der Waals surface area contributed by atoms with Crippen molar-refractivity contribution in [1.82, 2.24) is 4.98 Å². The van der Waals surface area contributed by atoms with Crippen LogP contribution in [0.15, 0.2) is 60.0 Å². The number of ether oxygens (including phenoxy) is 3. The lowest BCUT2D eigenvalue weighted by Crippen LogP contribution is -2.04. The SMILES string of the molecule is COc1ccccc1OC(=O)/C=C/c1cccc(OCc2csc(C)n2)c1. The average Bonchev–Trinajstić information content (AvgIpc) is 3.11. The Kier molecular flexibility index (Phi) is 6.22. The summed E-state index contributed by atoms with van der Waals surface area (Å²) in [5.41, 5.74) is 1.73. The van der Waals surface area contributed by atoms with E-state index in [2.05, 4.69) is 4.98 Å². The molecule has 6 heteroatoms. The first kappa shape index (κ1) is 18.7. The molecule has 3 rings (SSSR count). The molecule has 2 aromatic carbocycles. The number of rotatable bonds is 7. The van der Waals surface area contributed by atoms with Crippen LogP contribution in [0.1, 0.15) is 16.3 Å². The van der Waals surface area contributed by atoms with Crippen molar-refractivity contribution < 1.29 is 19.0 Å². The first-order valence-corrected chi connectivity index (χ1v) is 9.19. The van der Waals surface area contributed by atoms with Gasteiger partial charge < -0.3 is 14.2 Å². The Morgan fingerprint density at radius 3 is 2.70 bits per heavy atom. The van der Waals surface area contributed by atoms with Gasteiger partial charge in [-0.3, -0.25) is 0 Å². The Labute approximate surface area is 161 Å². The van der Waals surface area contributed by atoms with Gasteiger partial charge >= 0.3 is 5.97 Å². The van der Waals surface area contributed by atoms with Crippen LogP contribution >= 0.6 is 11.3 Å². The highest BCUT2D eigenvalue weighted by atomic mass is 32.1. The van der Waals surface area contributed by atoms with Crippen LogP contribution in [-0.2, 0) is 11.4 Å². The number of aromatic nitrogens is 1. The van der Waals surface area contributed by atoms with Crippen LogP contribution in [0.4, 0.5) is 0 Å². The average molecular weight is 381 g/mol.